The minimum Gasteiger partial charge on any atom is -0.257 e. The fourth-order valence-corrected chi connectivity index (χ4v) is 9.89. The third-order valence-electron chi connectivity index (χ3n) is 13.3. The number of rotatable bonds is 10. The van der Waals surface area contributed by atoms with Crippen molar-refractivity contribution in [2.24, 2.45) is 9.98 Å². The van der Waals surface area contributed by atoms with E-state index < -0.39 is 11.1 Å². The number of hydrazine groups is 2. The lowest BCUT2D eigenvalue weighted by molar-refractivity contribution is 0.535. The van der Waals surface area contributed by atoms with Crippen LogP contribution in [-0.2, 0) is 11.1 Å². The predicted octanol–water partition coefficient (Wildman–Crippen LogP) is 14.8. The molecule has 0 amide bonds. The van der Waals surface area contributed by atoms with Crippen molar-refractivity contribution in [3.8, 4) is 0 Å². The molecule has 6 nitrogen and oxygen atoms in total. The van der Waals surface area contributed by atoms with E-state index in [4.69, 9.17) is 9.98 Å². The number of hydrogen-bond donors (Lipinski definition) is 0. The maximum atomic E-state index is 5.69. The Morgan fingerprint density at radius 2 is 0.500 bits per heavy atom. The van der Waals surface area contributed by atoms with Crippen molar-refractivity contribution >= 4 is 45.8 Å². The zero-order chi connectivity index (χ0) is 46.2. The van der Waals surface area contributed by atoms with Gasteiger partial charge in [-0.15, -0.1) is 0 Å². The van der Waals surface area contributed by atoms with Crippen molar-refractivity contribution in [2.45, 2.75) is 38.8 Å². The molecule has 0 spiro atoms. The summed E-state index contributed by atoms with van der Waals surface area (Å²) in [6.45, 7) is 8.52. The van der Waals surface area contributed by atoms with Gasteiger partial charge >= 0.3 is 0 Å². The lowest BCUT2D eigenvalue weighted by atomic mass is 9.76. The van der Waals surface area contributed by atoms with Crippen LogP contribution in [0.25, 0.3) is 0 Å². The molecular weight excluding hydrogens is 829 g/mol. The maximum absolute atomic E-state index is 5.69. The summed E-state index contributed by atoms with van der Waals surface area (Å²) in [5.74, 6) is 1.78. The van der Waals surface area contributed by atoms with E-state index in [1.807, 2.05) is 0 Å². The Labute approximate surface area is 400 Å². The van der Waals surface area contributed by atoms with Crippen LogP contribution >= 0.6 is 0 Å². The van der Waals surface area contributed by atoms with Crippen molar-refractivity contribution < 1.29 is 0 Å². The first-order chi connectivity index (χ1) is 33.3. The lowest BCUT2D eigenvalue weighted by Crippen LogP contribution is -2.77. The Morgan fingerprint density at radius 3 is 0.750 bits per heavy atom. The van der Waals surface area contributed by atoms with Crippen molar-refractivity contribution in [3.05, 3.63) is 287 Å². The number of nitrogens with zero attached hydrogens (tertiary/aromatic N) is 6. The molecule has 2 fully saturated rings. The molecule has 0 aromatic heterocycles. The normalized spacial score (nSPS) is 16.1. The fourth-order valence-electron chi connectivity index (χ4n) is 9.89. The largest absolute Gasteiger partial charge is 0.257 e. The fraction of sp³-hybridized carbons (Fsp3) is 0.0968. The Hall–Kier alpha value is -8.48. The molecule has 0 bridgehead atoms. The second kappa shape index (κ2) is 17.4. The zero-order valence-electron chi connectivity index (χ0n) is 38.8. The summed E-state index contributed by atoms with van der Waals surface area (Å²) in [5, 5.41) is 9.37. The van der Waals surface area contributed by atoms with Crippen molar-refractivity contribution in [1.29, 1.82) is 0 Å². The molecule has 0 atom stereocenters. The number of anilines is 4. The molecule has 68 heavy (non-hydrogen) atoms. The highest BCUT2D eigenvalue weighted by Gasteiger charge is 2.61. The maximum Gasteiger partial charge on any atom is 0.171 e. The van der Waals surface area contributed by atoms with E-state index in [2.05, 4.69) is 290 Å². The Balaban J connectivity index is 1.10. The molecule has 2 aliphatic heterocycles. The van der Waals surface area contributed by atoms with E-state index in [1.165, 1.54) is 22.3 Å². The Kier molecular flexibility index (Phi) is 10.8. The summed E-state index contributed by atoms with van der Waals surface area (Å²) in [6, 6.07) is 86.6. The quantitative estimate of drug-likeness (QED) is 0.137. The van der Waals surface area contributed by atoms with Crippen LogP contribution in [0.4, 0.5) is 34.1 Å². The number of aliphatic imine (C=N–C) groups is 2. The molecule has 2 aliphatic rings. The van der Waals surface area contributed by atoms with Crippen LogP contribution in [0.15, 0.2) is 253 Å². The van der Waals surface area contributed by atoms with Crippen molar-refractivity contribution in [3.63, 3.8) is 0 Å². The van der Waals surface area contributed by atoms with Gasteiger partial charge in [0.2, 0.25) is 0 Å². The Bertz CT molecular complexity index is 2920. The number of benzene rings is 9. The lowest BCUT2D eigenvalue weighted by Gasteiger charge is -2.62. The average Bonchev–Trinajstić information content (AvgIpc) is 3.38. The topological polar surface area (TPSA) is 37.7 Å². The van der Waals surface area contributed by atoms with Gasteiger partial charge in [-0.3, -0.25) is 10.0 Å². The van der Waals surface area contributed by atoms with Crippen molar-refractivity contribution in [2.75, 3.05) is 20.0 Å². The minimum atomic E-state index is -0.771. The predicted molar refractivity (Wildman–Crippen MR) is 283 cm³/mol. The van der Waals surface area contributed by atoms with Gasteiger partial charge in [-0.25, -0.2) is 20.0 Å². The van der Waals surface area contributed by atoms with Crippen molar-refractivity contribution in [1.82, 2.24) is 0 Å². The van der Waals surface area contributed by atoms with E-state index in [-0.39, 0.29) is 0 Å². The highest BCUT2D eigenvalue weighted by atomic mass is 15.8. The second-order valence-corrected chi connectivity index (χ2v) is 17.9. The summed E-state index contributed by atoms with van der Waals surface area (Å²) in [7, 11) is 0. The summed E-state index contributed by atoms with van der Waals surface area (Å²) in [4.78, 5) is 11.4. The van der Waals surface area contributed by atoms with Gasteiger partial charge in [-0.2, -0.15) is 0 Å². The number of amidine groups is 2. The molecule has 0 saturated carbocycles. The molecule has 2 heterocycles. The first-order valence-electron chi connectivity index (χ1n) is 23.3. The summed E-state index contributed by atoms with van der Waals surface area (Å²) in [5.41, 5.74) is 13.6. The Morgan fingerprint density at radius 1 is 0.265 bits per heavy atom. The molecule has 11 rings (SSSR count). The zero-order valence-corrected chi connectivity index (χ0v) is 38.8. The van der Waals surface area contributed by atoms with Gasteiger partial charge in [-0.05, 0) is 123 Å². The van der Waals surface area contributed by atoms with E-state index in [0.29, 0.717) is 0 Å². The smallest absolute Gasteiger partial charge is 0.171 e. The standard InChI is InChI=1S/C62H52N6/c1-45-25-37-55(38-26-45)65-59(61(49-17-9-5-10-18-49,50-19-11-6-12-20-50)67(65)57-41-29-47(3)30-42-57)63-53-33-35-54(36-34-53)64-60-62(51-21-13-7-14-22-51,52-23-15-8-16-24-52)68(58-43-31-48(4)32-44-58)66(60)56-39-27-46(2)28-40-56/h5-44H,1-4H3. The van der Waals surface area contributed by atoms with Gasteiger partial charge in [0.1, 0.15) is 0 Å². The van der Waals surface area contributed by atoms with Gasteiger partial charge in [0, 0.05) is 0 Å². The molecule has 0 aliphatic carbocycles. The number of aryl methyl sites for hydroxylation is 4. The minimum absolute atomic E-state index is 0.771. The van der Waals surface area contributed by atoms with Crippen LogP contribution in [0.5, 0.6) is 0 Å². The first-order valence-corrected chi connectivity index (χ1v) is 23.3. The summed E-state index contributed by atoms with van der Waals surface area (Å²) < 4.78 is 0. The molecule has 9 aromatic rings. The molecule has 0 N–H and O–H groups in total. The third-order valence-corrected chi connectivity index (χ3v) is 13.3. The van der Waals surface area contributed by atoms with Gasteiger partial charge in [0.05, 0.1) is 34.1 Å². The molecule has 9 aromatic carbocycles. The van der Waals surface area contributed by atoms with Gasteiger partial charge in [0.25, 0.3) is 0 Å². The second-order valence-electron chi connectivity index (χ2n) is 17.9. The summed E-state index contributed by atoms with van der Waals surface area (Å²) in [6.07, 6.45) is 0. The van der Waals surface area contributed by atoms with Gasteiger partial charge in [-0.1, -0.05) is 192 Å². The molecule has 0 radical (unpaired) electrons. The SMILES string of the molecule is Cc1ccc(N2C(=Nc3ccc(N=C4N(c5ccc(C)cc5)N(c5ccc(C)cc5)C4(c4ccccc4)c4ccccc4)cc3)C(c3ccccc3)(c3ccccc3)N2c2ccc(C)cc2)cc1. The van der Waals surface area contributed by atoms with Crippen LogP contribution < -0.4 is 20.0 Å². The van der Waals surface area contributed by atoms with E-state index in [1.54, 1.807) is 0 Å². The highest BCUT2D eigenvalue weighted by molar-refractivity contribution is 6.20. The molecule has 2 saturated heterocycles. The van der Waals surface area contributed by atoms with Gasteiger partial charge in [0.15, 0.2) is 22.7 Å². The molecular formula is C62H52N6. The van der Waals surface area contributed by atoms with Crippen LogP contribution in [-0.4, -0.2) is 11.7 Å². The molecule has 6 heteroatoms. The first kappa shape index (κ1) is 42.2. The highest BCUT2D eigenvalue weighted by Crippen LogP contribution is 2.54. The van der Waals surface area contributed by atoms with Crippen LogP contribution in [0.3, 0.4) is 0 Å². The van der Waals surface area contributed by atoms with Crippen LogP contribution in [0.2, 0.25) is 0 Å². The monoisotopic (exact) mass is 880 g/mol. The van der Waals surface area contributed by atoms with E-state index >= 15 is 0 Å². The number of hydrogen-bond acceptors (Lipinski definition) is 4. The average molecular weight is 881 g/mol. The van der Waals surface area contributed by atoms with Crippen LogP contribution in [0, 0.1) is 27.7 Å². The van der Waals surface area contributed by atoms with Crippen LogP contribution in [0.1, 0.15) is 44.5 Å². The molecule has 330 valence electrons. The molecule has 0 unspecified atom stereocenters. The van der Waals surface area contributed by atoms with Gasteiger partial charge < -0.3 is 0 Å². The van der Waals surface area contributed by atoms with E-state index in [0.717, 1.165) is 68.0 Å². The third kappa shape index (κ3) is 7.04. The summed E-state index contributed by atoms with van der Waals surface area (Å²) >= 11 is 0. The van der Waals surface area contributed by atoms with E-state index in [9.17, 15) is 0 Å².